The average molecular weight is 327 g/mol. The van der Waals surface area contributed by atoms with E-state index in [1.54, 1.807) is 0 Å². The van der Waals surface area contributed by atoms with Gasteiger partial charge in [-0.3, -0.25) is 0 Å². The molecule has 0 aliphatic rings. The summed E-state index contributed by atoms with van der Waals surface area (Å²) in [5.74, 6) is 0. The molecular formula is C16H27BrN2. The van der Waals surface area contributed by atoms with Gasteiger partial charge in [0.05, 0.1) is 0 Å². The van der Waals surface area contributed by atoms with Crippen LogP contribution in [0.25, 0.3) is 0 Å². The molecular weight excluding hydrogens is 300 g/mol. The Morgan fingerprint density at radius 3 is 2.47 bits per heavy atom. The number of hydrogen-bond acceptors (Lipinski definition) is 2. The van der Waals surface area contributed by atoms with Gasteiger partial charge in [0.25, 0.3) is 0 Å². The standard InChI is InChI=1S/C16H27BrN2/c1-6-14(18)10-12-9-13(17)7-8-15(12)19(5)11-16(2,3)4/h7-9,14H,6,10-11,18H2,1-5H3. The van der Waals surface area contributed by atoms with E-state index in [1.807, 2.05) is 0 Å². The number of hydrogen-bond donors (Lipinski definition) is 1. The minimum Gasteiger partial charge on any atom is -0.374 e. The van der Waals surface area contributed by atoms with Gasteiger partial charge in [-0.1, -0.05) is 43.6 Å². The average Bonchev–Trinajstić information content (AvgIpc) is 2.26. The number of rotatable bonds is 5. The zero-order valence-corrected chi connectivity index (χ0v) is 14.4. The van der Waals surface area contributed by atoms with Crippen molar-refractivity contribution in [1.82, 2.24) is 0 Å². The first-order valence-corrected chi connectivity index (χ1v) is 7.77. The highest BCUT2D eigenvalue weighted by Gasteiger charge is 2.17. The third-order valence-electron chi connectivity index (χ3n) is 3.17. The van der Waals surface area contributed by atoms with E-state index in [2.05, 4.69) is 73.8 Å². The summed E-state index contributed by atoms with van der Waals surface area (Å²) in [5.41, 5.74) is 9.02. The topological polar surface area (TPSA) is 29.3 Å². The molecule has 108 valence electrons. The first kappa shape index (κ1) is 16.5. The molecule has 2 nitrogen and oxygen atoms in total. The monoisotopic (exact) mass is 326 g/mol. The van der Waals surface area contributed by atoms with E-state index in [9.17, 15) is 0 Å². The summed E-state index contributed by atoms with van der Waals surface area (Å²) >= 11 is 3.56. The van der Waals surface area contributed by atoms with Crippen molar-refractivity contribution in [1.29, 1.82) is 0 Å². The lowest BCUT2D eigenvalue weighted by molar-refractivity contribution is 0.418. The van der Waals surface area contributed by atoms with Gasteiger partial charge in [0, 0.05) is 29.8 Å². The normalized spacial score (nSPS) is 13.4. The van der Waals surface area contributed by atoms with Gasteiger partial charge in [0.1, 0.15) is 0 Å². The van der Waals surface area contributed by atoms with Crippen LogP contribution >= 0.6 is 15.9 Å². The number of halogens is 1. The molecule has 19 heavy (non-hydrogen) atoms. The fourth-order valence-electron chi connectivity index (χ4n) is 2.31. The Morgan fingerprint density at radius 2 is 1.95 bits per heavy atom. The maximum Gasteiger partial charge on any atom is 0.0397 e. The second kappa shape index (κ2) is 6.76. The van der Waals surface area contributed by atoms with E-state index in [0.717, 1.165) is 23.9 Å². The van der Waals surface area contributed by atoms with Crippen LogP contribution in [0.4, 0.5) is 5.69 Å². The third-order valence-corrected chi connectivity index (χ3v) is 3.66. The predicted molar refractivity (Wildman–Crippen MR) is 88.8 cm³/mol. The Morgan fingerprint density at radius 1 is 1.32 bits per heavy atom. The molecule has 0 bridgehead atoms. The number of nitrogens with two attached hydrogens (primary N) is 1. The van der Waals surface area contributed by atoms with Gasteiger partial charge in [-0.05, 0) is 42.0 Å². The lowest BCUT2D eigenvalue weighted by Crippen LogP contribution is -2.30. The Hall–Kier alpha value is -0.540. The Balaban J connectivity index is 2.98. The molecule has 0 saturated carbocycles. The first-order chi connectivity index (χ1) is 8.73. The van der Waals surface area contributed by atoms with Crippen molar-refractivity contribution in [2.75, 3.05) is 18.5 Å². The van der Waals surface area contributed by atoms with Crippen molar-refractivity contribution in [3.63, 3.8) is 0 Å². The van der Waals surface area contributed by atoms with Crippen molar-refractivity contribution in [3.05, 3.63) is 28.2 Å². The van der Waals surface area contributed by atoms with Gasteiger partial charge >= 0.3 is 0 Å². The molecule has 1 atom stereocenters. The molecule has 0 amide bonds. The lowest BCUT2D eigenvalue weighted by atomic mass is 9.95. The number of anilines is 1. The third kappa shape index (κ3) is 5.53. The van der Waals surface area contributed by atoms with E-state index in [4.69, 9.17) is 5.73 Å². The van der Waals surface area contributed by atoms with E-state index in [1.165, 1.54) is 11.3 Å². The fraction of sp³-hybridized carbons (Fsp3) is 0.625. The molecule has 0 aliphatic carbocycles. The predicted octanol–water partition coefficient (Wildman–Crippen LogP) is 4.21. The van der Waals surface area contributed by atoms with Gasteiger partial charge < -0.3 is 10.6 Å². The van der Waals surface area contributed by atoms with Crippen molar-refractivity contribution in [2.45, 2.75) is 46.6 Å². The zero-order chi connectivity index (χ0) is 14.6. The van der Waals surface area contributed by atoms with Crippen LogP contribution in [-0.4, -0.2) is 19.6 Å². The maximum absolute atomic E-state index is 6.12. The van der Waals surface area contributed by atoms with Gasteiger partial charge in [-0.15, -0.1) is 0 Å². The molecule has 1 aromatic rings. The molecule has 0 fully saturated rings. The smallest absolute Gasteiger partial charge is 0.0397 e. The Labute approximate surface area is 126 Å². The van der Waals surface area contributed by atoms with E-state index in [0.29, 0.717) is 0 Å². The summed E-state index contributed by atoms with van der Waals surface area (Å²) < 4.78 is 1.12. The molecule has 0 spiro atoms. The van der Waals surface area contributed by atoms with Gasteiger partial charge in [0.2, 0.25) is 0 Å². The first-order valence-electron chi connectivity index (χ1n) is 6.98. The van der Waals surface area contributed by atoms with E-state index in [-0.39, 0.29) is 11.5 Å². The molecule has 0 aromatic heterocycles. The Bertz CT molecular complexity index is 410. The van der Waals surface area contributed by atoms with Gasteiger partial charge in [0.15, 0.2) is 0 Å². The van der Waals surface area contributed by atoms with Crippen LogP contribution in [0.15, 0.2) is 22.7 Å². The number of benzene rings is 1. The summed E-state index contributed by atoms with van der Waals surface area (Å²) in [5, 5.41) is 0. The minimum absolute atomic E-state index is 0.232. The lowest BCUT2D eigenvalue weighted by Gasteiger charge is -2.30. The van der Waals surface area contributed by atoms with Gasteiger partial charge in [-0.25, -0.2) is 0 Å². The van der Waals surface area contributed by atoms with Crippen LogP contribution in [0.5, 0.6) is 0 Å². The van der Waals surface area contributed by atoms with Crippen LogP contribution in [0.2, 0.25) is 0 Å². The number of nitrogens with zero attached hydrogens (tertiary/aromatic N) is 1. The van der Waals surface area contributed by atoms with E-state index >= 15 is 0 Å². The second-order valence-corrected chi connectivity index (χ2v) is 7.48. The van der Waals surface area contributed by atoms with Crippen LogP contribution in [-0.2, 0) is 6.42 Å². The fourth-order valence-corrected chi connectivity index (χ4v) is 2.72. The zero-order valence-electron chi connectivity index (χ0n) is 12.8. The molecule has 2 N–H and O–H groups in total. The second-order valence-electron chi connectivity index (χ2n) is 6.56. The largest absolute Gasteiger partial charge is 0.374 e. The van der Waals surface area contributed by atoms with Crippen LogP contribution in [0.1, 0.15) is 39.7 Å². The molecule has 1 unspecified atom stereocenters. The molecule has 1 rings (SSSR count). The highest BCUT2D eigenvalue weighted by Crippen LogP contribution is 2.27. The molecule has 0 radical (unpaired) electrons. The molecule has 3 heteroatoms. The maximum atomic E-state index is 6.12. The highest BCUT2D eigenvalue weighted by atomic mass is 79.9. The van der Waals surface area contributed by atoms with Crippen LogP contribution < -0.4 is 10.6 Å². The van der Waals surface area contributed by atoms with E-state index < -0.39 is 0 Å². The van der Waals surface area contributed by atoms with Gasteiger partial charge in [-0.2, -0.15) is 0 Å². The quantitative estimate of drug-likeness (QED) is 0.878. The summed E-state index contributed by atoms with van der Waals surface area (Å²) in [6.07, 6.45) is 1.94. The summed E-state index contributed by atoms with van der Waals surface area (Å²) in [4.78, 5) is 2.34. The van der Waals surface area contributed by atoms with Crippen molar-refractivity contribution in [2.24, 2.45) is 11.1 Å². The summed E-state index contributed by atoms with van der Waals surface area (Å²) in [7, 11) is 2.16. The highest BCUT2D eigenvalue weighted by molar-refractivity contribution is 9.10. The summed E-state index contributed by atoms with van der Waals surface area (Å²) in [6.45, 7) is 9.96. The Kier molecular flexibility index (Phi) is 5.87. The summed E-state index contributed by atoms with van der Waals surface area (Å²) in [6, 6.07) is 6.73. The molecule has 0 saturated heterocycles. The van der Waals surface area contributed by atoms with Crippen molar-refractivity contribution in [3.8, 4) is 0 Å². The van der Waals surface area contributed by atoms with Crippen molar-refractivity contribution < 1.29 is 0 Å². The van der Waals surface area contributed by atoms with Crippen LogP contribution in [0.3, 0.4) is 0 Å². The molecule has 0 aliphatic heterocycles. The van der Waals surface area contributed by atoms with Crippen molar-refractivity contribution >= 4 is 21.6 Å². The molecule has 1 aromatic carbocycles. The molecule has 0 heterocycles. The van der Waals surface area contributed by atoms with Crippen LogP contribution in [0, 0.1) is 5.41 Å². The SMILES string of the molecule is CCC(N)Cc1cc(Br)ccc1N(C)CC(C)(C)C. The minimum atomic E-state index is 0.232.